The summed E-state index contributed by atoms with van der Waals surface area (Å²) in [6.07, 6.45) is 8.88. The average Bonchev–Trinajstić information content (AvgIpc) is 3.23. The Hall–Kier alpha value is -2.74. The minimum absolute atomic E-state index is 0.0360. The molecule has 1 fully saturated rings. The number of piperidine rings is 1. The van der Waals surface area contributed by atoms with E-state index in [2.05, 4.69) is 20.7 Å². The smallest absolute Gasteiger partial charge is 0.241 e. The molecule has 6 nitrogen and oxygen atoms in total. The van der Waals surface area contributed by atoms with Gasteiger partial charge in [0.05, 0.1) is 11.2 Å². The lowest BCUT2D eigenvalue weighted by Gasteiger charge is -2.32. The zero-order chi connectivity index (χ0) is 22.0. The van der Waals surface area contributed by atoms with Gasteiger partial charge in [-0.1, -0.05) is 30.3 Å². The van der Waals surface area contributed by atoms with Crippen LogP contribution in [0, 0.1) is 0 Å². The Bertz CT molecular complexity index is 1320. The van der Waals surface area contributed by atoms with Crippen LogP contribution in [0.1, 0.15) is 24.8 Å². The topological polar surface area (TPSA) is 75.4 Å². The van der Waals surface area contributed by atoms with Crippen molar-refractivity contribution in [2.24, 2.45) is 0 Å². The second-order valence-corrected chi connectivity index (χ2v) is 10.1. The Morgan fingerprint density at radius 2 is 1.88 bits per heavy atom. The highest BCUT2D eigenvalue weighted by molar-refractivity contribution is 7.89. The maximum absolute atomic E-state index is 13.1. The third-order valence-electron chi connectivity index (χ3n) is 6.32. The second-order valence-electron chi connectivity index (χ2n) is 8.45. The number of likely N-dealkylation sites (tertiary alicyclic amines) is 1. The molecular formula is C25H27N3O3S. The zero-order valence-corrected chi connectivity index (χ0v) is 18.7. The highest BCUT2D eigenvalue weighted by Gasteiger charge is 2.25. The van der Waals surface area contributed by atoms with Gasteiger partial charge in [-0.15, -0.1) is 0 Å². The normalized spacial score (nSPS) is 16.1. The number of aryl methyl sites for hydroxylation is 1. The van der Waals surface area contributed by atoms with E-state index in [-0.39, 0.29) is 6.04 Å². The number of para-hydroxylation sites is 1. The molecule has 1 aliphatic rings. The Kier molecular flexibility index (Phi) is 5.95. The first-order valence-corrected chi connectivity index (χ1v) is 12.6. The highest BCUT2D eigenvalue weighted by atomic mass is 32.2. The zero-order valence-electron chi connectivity index (χ0n) is 17.9. The largest absolute Gasteiger partial charge is 0.464 e. The number of rotatable bonds is 7. The number of hydrogen-bond donors (Lipinski definition) is 1. The first kappa shape index (κ1) is 21.1. The van der Waals surface area contributed by atoms with Crippen LogP contribution in [0.4, 0.5) is 0 Å². The molecule has 0 aliphatic carbocycles. The van der Waals surface area contributed by atoms with E-state index in [1.165, 1.54) is 10.9 Å². The second kappa shape index (κ2) is 9.02. The molecular weight excluding hydrogens is 422 g/mol. The van der Waals surface area contributed by atoms with E-state index in [1.54, 1.807) is 30.6 Å². The predicted octanol–water partition coefficient (Wildman–Crippen LogP) is 4.36. The summed E-state index contributed by atoms with van der Waals surface area (Å²) in [4.78, 5) is 6.84. The molecule has 4 aromatic rings. The van der Waals surface area contributed by atoms with Crippen molar-refractivity contribution in [1.29, 1.82) is 0 Å². The van der Waals surface area contributed by atoms with Gasteiger partial charge in [0.25, 0.3) is 0 Å². The number of furan rings is 1. The number of aromatic nitrogens is 1. The molecule has 32 heavy (non-hydrogen) atoms. The van der Waals surface area contributed by atoms with Gasteiger partial charge in [-0.05, 0) is 69.1 Å². The molecule has 1 saturated heterocycles. The fourth-order valence-corrected chi connectivity index (χ4v) is 6.14. The van der Waals surface area contributed by atoms with Crippen LogP contribution in [-0.2, 0) is 16.4 Å². The van der Waals surface area contributed by atoms with E-state index in [1.807, 2.05) is 30.5 Å². The minimum atomic E-state index is -3.58. The molecule has 5 rings (SSSR count). The van der Waals surface area contributed by atoms with Gasteiger partial charge >= 0.3 is 0 Å². The molecule has 7 heteroatoms. The molecule has 0 radical (unpaired) electrons. The lowest BCUT2D eigenvalue weighted by atomic mass is 10.0. The fourth-order valence-electron chi connectivity index (χ4n) is 4.60. The van der Waals surface area contributed by atoms with E-state index in [4.69, 9.17) is 4.42 Å². The number of hydrogen-bond acceptors (Lipinski definition) is 5. The van der Waals surface area contributed by atoms with Crippen molar-refractivity contribution in [2.75, 3.05) is 19.6 Å². The minimum Gasteiger partial charge on any atom is -0.464 e. The molecule has 0 spiro atoms. The Balaban J connectivity index is 1.14. The van der Waals surface area contributed by atoms with Crippen molar-refractivity contribution in [3.8, 4) is 0 Å². The highest BCUT2D eigenvalue weighted by Crippen LogP contribution is 2.24. The molecule has 1 N–H and O–H groups in total. The van der Waals surface area contributed by atoms with Crippen LogP contribution in [0.5, 0.6) is 0 Å². The summed E-state index contributed by atoms with van der Waals surface area (Å²) in [6.45, 7) is 2.81. The van der Waals surface area contributed by atoms with Crippen LogP contribution < -0.4 is 4.72 Å². The summed E-state index contributed by atoms with van der Waals surface area (Å²) in [5, 5.41) is 2.74. The quantitative estimate of drug-likeness (QED) is 0.454. The van der Waals surface area contributed by atoms with Crippen LogP contribution in [0.2, 0.25) is 0 Å². The predicted molar refractivity (Wildman–Crippen MR) is 126 cm³/mol. The number of nitrogens with one attached hydrogen (secondary N) is 1. The number of sulfonamides is 1. The van der Waals surface area contributed by atoms with Gasteiger partial charge in [-0.2, -0.15) is 0 Å². The fraction of sp³-hybridized carbons (Fsp3) is 0.320. The molecule has 0 atom stereocenters. The summed E-state index contributed by atoms with van der Waals surface area (Å²) in [5.74, 6) is 0. The summed E-state index contributed by atoms with van der Waals surface area (Å²) < 4.78 is 34.7. The molecule has 0 amide bonds. The number of benzene rings is 2. The first-order valence-electron chi connectivity index (χ1n) is 11.1. The van der Waals surface area contributed by atoms with Gasteiger partial charge in [0.1, 0.15) is 5.58 Å². The SMILES string of the molecule is O=S(=O)(NC1CCN(CCCc2coc3ccccc23)CC1)c1cccc2cnccc12. The lowest BCUT2D eigenvalue weighted by molar-refractivity contribution is 0.205. The van der Waals surface area contributed by atoms with Crippen molar-refractivity contribution in [1.82, 2.24) is 14.6 Å². The van der Waals surface area contributed by atoms with Gasteiger partial charge in [-0.25, -0.2) is 13.1 Å². The Morgan fingerprint density at radius 3 is 2.75 bits per heavy atom. The molecule has 0 saturated carbocycles. The molecule has 2 aromatic carbocycles. The Labute approximate surface area is 188 Å². The number of pyridine rings is 1. The maximum Gasteiger partial charge on any atom is 0.241 e. The summed E-state index contributed by atoms with van der Waals surface area (Å²) in [6, 6.07) is 15.2. The van der Waals surface area contributed by atoms with E-state index in [9.17, 15) is 8.42 Å². The van der Waals surface area contributed by atoms with Gasteiger partial charge in [-0.3, -0.25) is 4.98 Å². The van der Waals surface area contributed by atoms with Crippen molar-refractivity contribution < 1.29 is 12.8 Å². The summed E-state index contributed by atoms with van der Waals surface area (Å²) >= 11 is 0. The van der Waals surface area contributed by atoms with Crippen molar-refractivity contribution in [2.45, 2.75) is 36.6 Å². The van der Waals surface area contributed by atoms with Gasteiger partial charge in [0.15, 0.2) is 0 Å². The summed E-state index contributed by atoms with van der Waals surface area (Å²) in [7, 11) is -3.58. The van der Waals surface area contributed by atoms with E-state index in [0.29, 0.717) is 10.3 Å². The van der Waals surface area contributed by atoms with Crippen LogP contribution >= 0.6 is 0 Å². The van der Waals surface area contributed by atoms with Crippen LogP contribution in [0.3, 0.4) is 0 Å². The van der Waals surface area contributed by atoms with Crippen LogP contribution in [-0.4, -0.2) is 44.0 Å². The molecule has 3 heterocycles. The number of nitrogens with zero attached hydrogens (tertiary/aromatic N) is 2. The molecule has 2 aromatic heterocycles. The van der Waals surface area contributed by atoms with Gasteiger partial charge < -0.3 is 9.32 Å². The summed E-state index contributed by atoms with van der Waals surface area (Å²) in [5.41, 5.74) is 2.20. The Morgan fingerprint density at radius 1 is 1.03 bits per heavy atom. The molecule has 1 aliphatic heterocycles. The van der Waals surface area contributed by atoms with Gasteiger partial charge in [0, 0.05) is 34.6 Å². The molecule has 0 unspecified atom stereocenters. The van der Waals surface area contributed by atoms with Crippen molar-refractivity contribution >= 4 is 31.8 Å². The molecule has 166 valence electrons. The first-order chi connectivity index (χ1) is 15.6. The van der Waals surface area contributed by atoms with Crippen molar-refractivity contribution in [3.05, 3.63) is 72.8 Å². The van der Waals surface area contributed by atoms with Gasteiger partial charge in [0.2, 0.25) is 10.0 Å². The van der Waals surface area contributed by atoms with Crippen molar-refractivity contribution in [3.63, 3.8) is 0 Å². The maximum atomic E-state index is 13.1. The standard InChI is InChI=1S/C25H27N3O3S/c29-32(30,25-9-3-5-19-17-26-13-10-23(19)25)27-21-11-15-28(16-12-21)14-4-6-20-18-31-24-8-2-1-7-22(20)24/h1-3,5,7-10,13,17-18,21,27H,4,6,11-12,14-16H2. The number of fused-ring (bicyclic) bond motifs is 2. The average molecular weight is 450 g/mol. The third-order valence-corrected chi connectivity index (χ3v) is 7.90. The third kappa shape index (κ3) is 4.41. The monoisotopic (exact) mass is 449 g/mol. The van der Waals surface area contributed by atoms with Crippen LogP contribution in [0.15, 0.2) is 76.5 Å². The lowest BCUT2D eigenvalue weighted by Crippen LogP contribution is -2.44. The van der Waals surface area contributed by atoms with E-state index >= 15 is 0 Å². The molecule has 0 bridgehead atoms. The van der Waals surface area contributed by atoms with E-state index < -0.39 is 10.0 Å². The van der Waals surface area contributed by atoms with Crippen LogP contribution in [0.25, 0.3) is 21.7 Å². The van der Waals surface area contributed by atoms with E-state index in [0.717, 1.165) is 56.3 Å².